The predicted octanol–water partition coefficient (Wildman–Crippen LogP) is 4.58. The number of rotatable bonds is 5. The Morgan fingerprint density at radius 2 is 1.32 bits per heavy atom. The zero-order chi connectivity index (χ0) is 16.4. The third-order valence-corrected chi connectivity index (χ3v) is 3.27. The first-order chi connectivity index (χ1) is 10.8. The second kappa shape index (κ2) is 9.46. The first-order valence-corrected chi connectivity index (χ1v) is 7.43. The van der Waals surface area contributed by atoms with Crippen LogP contribution in [0.1, 0.15) is 30.9 Å². The van der Waals surface area contributed by atoms with Crippen molar-refractivity contribution < 1.29 is 9.47 Å². The fourth-order valence-electron chi connectivity index (χ4n) is 2.07. The fourth-order valence-corrected chi connectivity index (χ4v) is 2.07. The zero-order valence-corrected chi connectivity index (χ0v) is 13.7. The molecule has 0 heterocycles. The van der Waals surface area contributed by atoms with E-state index in [-0.39, 0.29) is 5.92 Å². The molecule has 2 aromatic rings. The van der Waals surface area contributed by atoms with Gasteiger partial charge in [-0.15, -0.1) is 0 Å². The molecule has 3 nitrogen and oxygen atoms in total. The molecule has 2 rings (SSSR count). The van der Waals surface area contributed by atoms with Gasteiger partial charge >= 0.3 is 0 Å². The normalized spacial score (nSPS) is 10.7. The highest BCUT2D eigenvalue weighted by molar-refractivity contribution is 5.35. The van der Waals surface area contributed by atoms with Crippen LogP contribution in [-0.2, 0) is 6.42 Å². The van der Waals surface area contributed by atoms with Gasteiger partial charge in [0.2, 0.25) is 0 Å². The zero-order valence-electron chi connectivity index (χ0n) is 13.7. The number of hydrogen-bond acceptors (Lipinski definition) is 3. The summed E-state index contributed by atoms with van der Waals surface area (Å²) >= 11 is 0. The second-order valence-electron chi connectivity index (χ2n) is 4.51. The van der Waals surface area contributed by atoms with Crippen molar-refractivity contribution in [3.63, 3.8) is 0 Å². The van der Waals surface area contributed by atoms with Crippen molar-refractivity contribution in [2.45, 2.75) is 26.2 Å². The third kappa shape index (κ3) is 4.82. The molecule has 0 aromatic heterocycles. The summed E-state index contributed by atoms with van der Waals surface area (Å²) in [6, 6.07) is 17.8. The fraction of sp³-hybridized carbons (Fsp3) is 0.316. The highest BCUT2D eigenvalue weighted by Crippen LogP contribution is 2.23. The maximum atomic E-state index is 9.36. The molecule has 0 amide bonds. The minimum absolute atomic E-state index is 0.158. The van der Waals surface area contributed by atoms with Gasteiger partial charge < -0.3 is 9.47 Å². The van der Waals surface area contributed by atoms with Gasteiger partial charge in [-0.3, -0.25) is 0 Å². The van der Waals surface area contributed by atoms with E-state index >= 15 is 0 Å². The van der Waals surface area contributed by atoms with Crippen molar-refractivity contribution >= 4 is 0 Å². The van der Waals surface area contributed by atoms with Gasteiger partial charge in [-0.25, -0.2) is 0 Å². The predicted molar refractivity (Wildman–Crippen MR) is 89.4 cm³/mol. The third-order valence-electron chi connectivity index (χ3n) is 3.27. The Morgan fingerprint density at radius 3 is 1.73 bits per heavy atom. The van der Waals surface area contributed by atoms with Crippen LogP contribution in [0.2, 0.25) is 0 Å². The minimum atomic E-state index is -0.158. The van der Waals surface area contributed by atoms with Crippen molar-refractivity contribution in [2.75, 3.05) is 14.2 Å². The quantitative estimate of drug-likeness (QED) is 0.811. The number of ether oxygens (including phenoxy) is 2. The highest BCUT2D eigenvalue weighted by atomic mass is 16.5. The number of nitrogens with zero attached hydrogens (tertiary/aromatic N) is 1. The van der Waals surface area contributed by atoms with Crippen LogP contribution in [0.25, 0.3) is 0 Å². The Bertz CT molecular complexity index is 582. The molecule has 0 aliphatic rings. The van der Waals surface area contributed by atoms with Gasteiger partial charge in [0.05, 0.1) is 26.2 Å². The van der Waals surface area contributed by atoms with E-state index in [1.54, 1.807) is 14.2 Å². The van der Waals surface area contributed by atoms with Crippen LogP contribution >= 0.6 is 0 Å². The number of hydrogen-bond donors (Lipinski definition) is 0. The topological polar surface area (TPSA) is 42.2 Å². The summed E-state index contributed by atoms with van der Waals surface area (Å²) in [7, 11) is 3.28. The Labute approximate surface area is 133 Å². The average molecular weight is 297 g/mol. The molecule has 2 aromatic carbocycles. The largest absolute Gasteiger partial charge is 0.497 e. The lowest BCUT2D eigenvalue weighted by Gasteiger charge is -2.11. The molecule has 3 heteroatoms. The van der Waals surface area contributed by atoms with Gasteiger partial charge in [-0.2, -0.15) is 5.26 Å². The second-order valence-corrected chi connectivity index (χ2v) is 4.51. The van der Waals surface area contributed by atoms with E-state index < -0.39 is 0 Å². The lowest BCUT2D eigenvalue weighted by atomic mass is 9.93. The first kappa shape index (κ1) is 17.6. The van der Waals surface area contributed by atoms with Crippen LogP contribution in [0.15, 0.2) is 48.5 Å². The maximum absolute atomic E-state index is 9.36. The lowest BCUT2D eigenvalue weighted by Crippen LogP contribution is -2.00. The van der Waals surface area contributed by atoms with Crippen LogP contribution in [0, 0.1) is 11.3 Å². The molecule has 116 valence electrons. The summed E-state index contributed by atoms with van der Waals surface area (Å²) in [6.07, 6.45) is 0.687. The van der Waals surface area contributed by atoms with Gasteiger partial charge in [0.1, 0.15) is 11.5 Å². The van der Waals surface area contributed by atoms with Crippen molar-refractivity contribution in [2.24, 2.45) is 0 Å². The maximum Gasteiger partial charge on any atom is 0.118 e. The van der Waals surface area contributed by atoms with E-state index in [0.29, 0.717) is 6.42 Å². The highest BCUT2D eigenvalue weighted by Gasteiger charge is 2.11. The summed E-state index contributed by atoms with van der Waals surface area (Å²) in [5, 5.41) is 9.36. The molecule has 0 aliphatic carbocycles. The van der Waals surface area contributed by atoms with E-state index in [1.807, 2.05) is 62.4 Å². The summed E-state index contributed by atoms with van der Waals surface area (Å²) in [5.74, 6) is 1.47. The Hall–Kier alpha value is -2.47. The van der Waals surface area contributed by atoms with Crippen molar-refractivity contribution in [1.29, 1.82) is 5.26 Å². The molecule has 1 unspecified atom stereocenters. The van der Waals surface area contributed by atoms with Gasteiger partial charge in [0, 0.05) is 0 Å². The summed E-state index contributed by atoms with van der Waals surface area (Å²) in [4.78, 5) is 0. The van der Waals surface area contributed by atoms with E-state index in [4.69, 9.17) is 9.47 Å². The van der Waals surface area contributed by atoms with Gasteiger partial charge in [-0.05, 0) is 41.8 Å². The summed E-state index contributed by atoms with van der Waals surface area (Å²) in [5.41, 5.74) is 2.12. The van der Waals surface area contributed by atoms with Gasteiger partial charge in [-0.1, -0.05) is 38.1 Å². The number of nitriles is 1. The minimum Gasteiger partial charge on any atom is -0.497 e. The lowest BCUT2D eigenvalue weighted by molar-refractivity contribution is 0.414. The molecule has 0 bridgehead atoms. The van der Waals surface area contributed by atoms with Crippen LogP contribution in [0.5, 0.6) is 11.5 Å². The molecule has 0 saturated heterocycles. The van der Waals surface area contributed by atoms with Crippen molar-refractivity contribution in [3.8, 4) is 17.6 Å². The Kier molecular flexibility index (Phi) is 7.56. The first-order valence-electron chi connectivity index (χ1n) is 7.43. The molecule has 22 heavy (non-hydrogen) atoms. The van der Waals surface area contributed by atoms with Crippen molar-refractivity contribution in [3.05, 3.63) is 59.7 Å². The van der Waals surface area contributed by atoms with E-state index in [1.165, 1.54) is 0 Å². The number of methoxy groups -OCH3 is 2. The molecule has 0 fully saturated rings. The Morgan fingerprint density at radius 1 is 0.864 bits per heavy atom. The van der Waals surface area contributed by atoms with Crippen LogP contribution in [-0.4, -0.2) is 14.2 Å². The molecule has 1 atom stereocenters. The van der Waals surface area contributed by atoms with Crippen LogP contribution in [0.3, 0.4) is 0 Å². The molecule has 0 aliphatic heterocycles. The van der Waals surface area contributed by atoms with E-state index in [9.17, 15) is 5.26 Å². The van der Waals surface area contributed by atoms with Crippen LogP contribution in [0.4, 0.5) is 0 Å². The molecular formula is C19H23NO2. The van der Waals surface area contributed by atoms with Crippen molar-refractivity contribution in [1.82, 2.24) is 0 Å². The SMILES string of the molecule is CC.COc1ccc(CC(C#N)c2ccc(OC)cc2)cc1. The monoisotopic (exact) mass is 297 g/mol. The van der Waals surface area contributed by atoms with E-state index in [0.717, 1.165) is 22.6 Å². The van der Waals surface area contributed by atoms with Gasteiger partial charge in [0.25, 0.3) is 0 Å². The van der Waals surface area contributed by atoms with Crippen LogP contribution < -0.4 is 9.47 Å². The average Bonchev–Trinajstić information content (AvgIpc) is 2.62. The number of benzene rings is 2. The van der Waals surface area contributed by atoms with E-state index in [2.05, 4.69) is 6.07 Å². The molecule has 0 radical (unpaired) electrons. The Balaban J connectivity index is 0.00000116. The molecule has 0 spiro atoms. The van der Waals surface area contributed by atoms with Gasteiger partial charge in [0.15, 0.2) is 0 Å². The standard InChI is InChI=1S/C17H17NO2.C2H6/c1-19-16-7-3-13(4-8-16)11-15(12-18)14-5-9-17(20-2)10-6-14;1-2/h3-10,15H,11H2,1-2H3;1-2H3. The molecule has 0 saturated carbocycles. The summed E-state index contributed by atoms with van der Waals surface area (Å²) < 4.78 is 10.3. The smallest absolute Gasteiger partial charge is 0.118 e. The summed E-state index contributed by atoms with van der Waals surface area (Å²) in [6.45, 7) is 4.00. The molecular weight excluding hydrogens is 274 g/mol. The molecule has 0 N–H and O–H groups in total.